The highest BCUT2D eigenvalue weighted by atomic mass is 35.5. The van der Waals surface area contributed by atoms with E-state index in [-0.39, 0.29) is 12.4 Å². The first-order chi connectivity index (χ1) is 5.12. The molecule has 1 atom stereocenters. The molecule has 0 aromatic heterocycles. The van der Waals surface area contributed by atoms with Crippen molar-refractivity contribution < 1.29 is 0 Å². The molecule has 2 aliphatic rings. The van der Waals surface area contributed by atoms with Crippen LogP contribution in [0.15, 0.2) is 0 Å². The van der Waals surface area contributed by atoms with E-state index in [1.54, 1.807) is 0 Å². The first-order valence-electron chi connectivity index (χ1n) is 4.87. The van der Waals surface area contributed by atoms with E-state index in [2.05, 4.69) is 19.2 Å². The third kappa shape index (κ3) is 1.77. The van der Waals surface area contributed by atoms with Gasteiger partial charge in [0.15, 0.2) is 0 Å². The van der Waals surface area contributed by atoms with Gasteiger partial charge in [-0.2, -0.15) is 0 Å². The summed E-state index contributed by atoms with van der Waals surface area (Å²) >= 11 is 0. The molecule has 1 aliphatic heterocycles. The molecule has 1 aliphatic carbocycles. The Morgan fingerprint density at radius 1 is 1.08 bits per heavy atom. The predicted octanol–water partition coefficient (Wildman–Crippen LogP) is 2.74. The summed E-state index contributed by atoms with van der Waals surface area (Å²) in [6.07, 6.45) is 7.11. The molecule has 0 bridgehead atoms. The number of rotatable bonds is 0. The van der Waals surface area contributed by atoms with Crippen LogP contribution >= 0.6 is 12.4 Å². The number of hydrogen-bond acceptors (Lipinski definition) is 1. The van der Waals surface area contributed by atoms with Crippen molar-refractivity contribution in [3.05, 3.63) is 0 Å². The predicted molar refractivity (Wildman–Crippen MR) is 54.8 cm³/mol. The Morgan fingerprint density at radius 3 is 2.08 bits per heavy atom. The van der Waals surface area contributed by atoms with Crippen molar-refractivity contribution in [1.82, 2.24) is 5.32 Å². The number of halogens is 1. The Kier molecular flexibility index (Phi) is 2.75. The van der Waals surface area contributed by atoms with Crippen LogP contribution in [0.1, 0.15) is 46.0 Å². The van der Waals surface area contributed by atoms with Crippen LogP contribution in [0.3, 0.4) is 0 Å². The van der Waals surface area contributed by atoms with Crippen LogP contribution < -0.4 is 5.32 Å². The number of nitrogens with one attached hydrogen (secondary N) is 1. The second kappa shape index (κ2) is 3.19. The first kappa shape index (κ1) is 10.3. The molecule has 0 radical (unpaired) electrons. The van der Waals surface area contributed by atoms with Gasteiger partial charge in [-0.1, -0.05) is 20.3 Å². The largest absolute Gasteiger partial charge is 0.311 e. The van der Waals surface area contributed by atoms with Crippen molar-refractivity contribution in [2.24, 2.45) is 5.41 Å². The molecular weight excluding hydrogens is 170 g/mol. The average Bonchev–Trinajstić information content (AvgIpc) is 1.82. The maximum atomic E-state index is 3.62. The maximum absolute atomic E-state index is 3.62. The fourth-order valence-electron chi connectivity index (χ4n) is 2.84. The van der Waals surface area contributed by atoms with Gasteiger partial charge in [-0.15, -0.1) is 12.4 Å². The average molecular weight is 190 g/mol. The third-order valence-corrected chi connectivity index (χ3v) is 3.43. The van der Waals surface area contributed by atoms with Crippen molar-refractivity contribution in [2.75, 3.05) is 6.54 Å². The summed E-state index contributed by atoms with van der Waals surface area (Å²) in [6, 6.07) is 0. The zero-order valence-electron chi connectivity index (χ0n) is 8.15. The summed E-state index contributed by atoms with van der Waals surface area (Å²) in [5.74, 6) is 0. The maximum Gasteiger partial charge on any atom is 0.0198 e. The third-order valence-electron chi connectivity index (χ3n) is 3.43. The lowest BCUT2D eigenvalue weighted by Gasteiger charge is -2.51. The monoisotopic (exact) mass is 189 g/mol. The summed E-state index contributed by atoms with van der Waals surface area (Å²) in [6.45, 7) is 6.08. The molecule has 0 amide bonds. The van der Waals surface area contributed by atoms with E-state index in [1.807, 2.05) is 0 Å². The van der Waals surface area contributed by atoms with Gasteiger partial charge in [-0.05, 0) is 37.6 Å². The van der Waals surface area contributed by atoms with Crippen molar-refractivity contribution in [1.29, 1.82) is 0 Å². The standard InChI is InChI=1S/C10H19N.ClH/c1-9(2)4-3-5-10(8-9)6-7-11-10;/h11H,3-8H2,1-2H3;1H. The molecule has 0 aromatic rings. The summed E-state index contributed by atoms with van der Waals surface area (Å²) in [5, 5.41) is 3.62. The van der Waals surface area contributed by atoms with Gasteiger partial charge >= 0.3 is 0 Å². The van der Waals surface area contributed by atoms with Crippen LogP contribution in [0.4, 0.5) is 0 Å². The van der Waals surface area contributed by atoms with Crippen LogP contribution in [0.2, 0.25) is 0 Å². The second-order valence-corrected chi connectivity index (χ2v) is 5.15. The van der Waals surface area contributed by atoms with Gasteiger partial charge < -0.3 is 5.32 Å². The molecule has 1 nitrogen and oxygen atoms in total. The Labute approximate surface area is 81.7 Å². The molecule has 1 spiro atoms. The topological polar surface area (TPSA) is 12.0 Å². The molecule has 72 valence electrons. The van der Waals surface area contributed by atoms with E-state index in [4.69, 9.17) is 0 Å². The van der Waals surface area contributed by atoms with Gasteiger partial charge in [0.25, 0.3) is 0 Å². The quantitative estimate of drug-likeness (QED) is 0.618. The van der Waals surface area contributed by atoms with Crippen LogP contribution in [-0.4, -0.2) is 12.1 Å². The Balaban J connectivity index is 0.000000720. The van der Waals surface area contributed by atoms with Gasteiger partial charge in [0.05, 0.1) is 0 Å². The molecule has 1 heterocycles. The minimum atomic E-state index is 0. The van der Waals surface area contributed by atoms with E-state index in [0.29, 0.717) is 11.0 Å². The van der Waals surface area contributed by atoms with Gasteiger partial charge in [-0.3, -0.25) is 0 Å². The summed E-state index contributed by atoms with van der Waals surface area (Å²) in [7, 11) is 0. The minimum absolute atomic E-state index is 0. The van der Waals surface area contributed by atoms with Gasteiger partial charge in [0.2, 0.25) is 0 Å². The van der Waals surface area contributed by atoms with Crippen molar-refractivity contribution in [3.8, 4) is 0 Å². The normalized spacial score (nSPS) is 38.5. The lowest BCUT2D eigenvalue weighted by Crippen LogP contribution is -2.60. The SMILES string of the molecule is CC1(C)CCCC2(CCN2)C1.Cl. The van der Waals surface area contributed by atoms with Crippen LogP contribution in [0.5, 0.6) is 0 Å². The smallest absolute Gasteiger partial charge is 0.0198 e. The van der Waals surface area contributed by atoms with Crippen molar-refractivity contribution in [2.45, 2.75) is 51.5 Å². The zero-order chi connectivity index (χ0) is 7.95. The van der Waals surface area contributed by atoms with E-state index in [9.17, 15) is 0 Å². The fourth-order valence-corrected chi connectivity index (χ4v) is 2.84. The molecule has 1 unspecified atom stereocenters. The number of hydrogen-bond donors (Lipinski definition) is 1. The first-order valence-corrected chi connectivity index (χ1v) is 4.87. The Bertz CT molecular complexity index is 161. The minimum Gasteiger partial charge on any atom is -0.311 e. The zero-order valence-corrected chi connectivity index (χ0v) is 8.97. The van der Waals surface area contributed by atoms with Crippen LogP contribution in [0.25, 0.3) is 0 Å². The van der Waals surface area contributed by atoms with E-state index in [1.165, 1.54) is 38.6 Å². The van der Waals surface area contributed by atoms with E-state index in [0.717, 1.165) is 0 Å². The molecule has 12 heavy (non-hydrogen) atoms. The molecule has 2 fully saturated rings. The highest BCUT2D eigenvalue weighted by molar-refractivity contribution is 5.85. The van der Waals surface area contributed by atoms with Crippen LogP contribution in [-0.2, 0) is 0 Å². The van der Waals surface area contributed by atoms with E-state index >= 15 is 0 Å². The van der Waals surface area contributed by atoms with Crippen molar-refractivity contribution in [3.63, 3.8) is 0 Å². The molecular formula is C10H20ClN. The lowest BCUT2D eigenvalue weighted by molar-refractivity contribution is 0.0665. The van der Waals surface area contributed by atoms with Gasteiger partial charge in [0, 0.05) is 5.54 Å². The fraction of sp³-hybridized carbons (Fsp3) is 1.00. The molecule has 2 heteroatoms. The summed E-state index contributed by atoms with van der Waals surface area (Å²) in [4.78, 5) is 0. The Morgan fingerprint density at radius 2 is 1.75 bits per heavy atom. The molecule has 0 aromatic carbocycles. The highest BCUT2D eigenvalue weighted by Gasteiger charge is 2.43. The second-order valence-electron chi connectivity index (χ2n) is 5.15. The molecule has 2 rings (SSSR count). The van der Waals surface area contributed by atoms with Crippen LogP contribution in [0, 0.1) is 5.41 Å². The van der Waals surface area contributed by atoms with Gasteiger partial charge in [-0.25, -0.2) is 0 Å². The molecule has 1 saturated heterocycles. The summed E-state index contributed by atoms with van der Waals surface area (Å²) < 4.78 is 0. The van der Waals surface area contributed by atoms with Crippen molar-refractivity contribution >= 4 is 12.4 Å². The molecule has 1 N–H and O–H groups in total. The molecule has 1 saturated carbocycles. The summed E-state index contributed by atoms with van der Waals surface area (Å²) in [5.41, 5.74) is 1.19. The highest BCUT2D eigenvalue weighted by Crippen LogP contribution is 2.44. The van der Waals surface area contributed by atoms with E-state index < -0.39 is 0 Å². The Hall–Kier alpha value is 0.250. The lowest BCUT2D eigenvalue weighted by atomic mass is 9.64. The van der Waals surface area contributed by atoms with Gasteiger partial charge in [0.1, 0.15) is 0 Å².